The van der Waals surface area contributed by atoms with E-state index in [4.69, 9.17) is 0 Å². The molecule has 0 aliphatic rings. The molecule has 0 N–H and O–H groups in total. The highest BCUT2D eigenvalue weighted by Gasteiger charge is 2.14. The minimum atomic E-state index is 0.592. The topological polar surface area (TPSA) is 17.8 Å². The molecule has 0 aliphatic carbocycles. The van der Waals surface area contributed by atoms with Gasteiger partial charge in [0, 0.05) is 24.9 Å². The lowest BCUT2D eigenvalue weighted by Gasteiger charge is -2.20. The van der Waals surface area contributed by atoms with Gasteiger partial charge in [0.2, 0.25) is 0 Å². The van der Waals surface area contributed by atoms with Gasteiger partial charge in [0.25, 0.3) is 0 Å². The van der Waals surface area contributed by atoms with Crippen LogP contribution in [0.5, 0.6) is 0 Å². The Bertz CT molecular complexity index is 500. The quantitative estimate of drug-likeness (QED) is 0.745. The molecule has 1 heterocycles. The van der Waals surface area contributed by atoms with E-state index in [-0.39, 0.29) is 0 Å². The van der Waals surface area contributed by atoms with Gasteiger partial charge in [0.1, 0.15) is 0 Å². The Labute approximate surface area is 116 Å². The molecule has 2 rings (SSSR count). The summed E-state index contributed by atoms with van der Waals surface area (Å²) in [4.78, 5) is 4.15. The van der Waals surface area contributed by atoms with E-state index in [0.29, 0.717) is 5.92 Å². The third-order valence-corrected chi connectivity index (χ3v) is 3.77. The number of aromatic nitrogens is 2. The van der Waals surface area contributed by atoms with Crippen LogP contribution in [-0.4, -0.2) is 9.55 Å². The van der Waals surface area contributed by atoms with Crippen LogP contribution in [0.3, 0.4) is 0 Å². The van der Waals surface area contributed by atoms with E-state index < -0.39 is 0 Å². The molecule has 102 valence electrons. The average molecular weight is 256 g/mol. The average Bonchev–Trinajstić information content (AvgIpc) is 2.90. The normalized spacial score (nSPS) is 12.6. The van der Waals surface area contributed by atoms with Crippen LogP contribution in [0.2, 0.25) is 0 Å². The molecule has 0 spiro atoms. The minimum absolute atomic E-state index is 0.592. The number of nitrogens with zero attached hydrogens (tertiary/aromatic N) is 2. The monoisotopic (exact) mass is 256 g/mol. The lowest BCUT2D eigenvalue weighted by molar-refractivity contribution is 0.503. The summed E-state index contributed by atoms with van der Waals surface area (Å²) in [5.74, 6) is 0.592. The van der Waals surface area contributed by atoms with Crippen molar-refractivity contribution >= 4 is 0 Å². The summed E-state index contributed by atoms with van der Waals surface area (Å²) >= 11 is 0. The summed E-state index contributed by atoms with van der Waals surface area (Å²) in [7, 11) is 0. The van der Waals surface area contributed by atoms with Gasteiger partial charge in [-0.25, -0.2) is 4.98 Å². The Morgan fingerprint density at radius 2 is 2.11 bits per heavy atom. The van der Waals surface area contributed by atoms with Crippen LogP contribution >= 0.6 is 0 Å². The van der Waals surface area contributed by atoms with Crippen molar-refractivity contribution in [2.45, 2.75) is 52.5 Å². The number of hydrogen-bond acceptors (Lipinski definition) is 1. The number of rotatable bonds is 6. The lowest BCUT2D eigenvalue weighted by atomic mass is 9.89. The van der Waals surface area contributed by atoms with Crippen molar-refractivity contribution in [2.75, 3.05) is 0 Å². The molecule has 1 aromatic heterocycles. The molecule has 0 saturated heterocycles. The molecule has 1 atom stereocenters. The Balaban J connectivity index is 2.23. The molecule has 1 unspecified atom stereocenters. The summed E-state index contributed by atoms with van der Waals surface area (Å²) in [6, 6.07) is 6.80. The van der Waals surface area contributed by atoms with Crippen molar-refractivity contribution in [2.24, 2.45) is 0 Å². The van der Waals surface area contributed by atoms with Crippen molar-refractivity contribution < 1.29 is 0 Å². The molecule has 2 heteroatoms. The van der Waals surface area contributed by atoms with E-state index >= 15 is 0 Å². The van der Waals surface area contributed by atoms with Crippen molar-refractivity contribution in [3.8, 4) is 0 Å². The highest BCUT2D eigenvalue weighted by atomic mass is 15.0. The van der Waals surface area contributed by atoms with Gasteiger partial charge in [-0.3, -0.25) is 0 Å². The van der Waals surface area contributed by atoms with Gasteiger partial charge in [-0.1, -0.05) is 43.5 Å². The number of unbranched alkanes of at least 4 members (excludes halogenated alkanes) is 1. The molecule has 2 aromatic rings. The van der Waals surface area contributed by atoms with Gasteiger partial charge in [0.05, 0.1) is 6.33 Å². The number of imidazole rings is 1. The first-order valence-corrected chi connectivity index (χ1v) is 7.23. The molecule has 0 saturated carbocycles. The number of hydrogen-bond donors (Lipinski definition) is 0. The highest BCUT2D eigenvalue weighted by Crippen LogP contribution is 2.27. The Morgan fingerprint density at radius 3 is 2.79 bits per heavy atom. The molecule has 2 nitrogen and oxygen atoms in total. The highest BCUT2D eigenvalue weighted by molar-refractivity contribution is 5.33. The van der Waals surface area contributed by atoms with Crippen molar-refractivity contribution in [3.63, 3.8) is 0 Å². The first-order valence-electron chi connectivity index (χ1n) is 7.23. The van der Waals surface area contributed by atoms with Gasteiger partial charge >= 0.3 is 0 Å². The maximum atomic E-state index is 4.15. The third kappa shape index (κ3) is 3.69. The summed E-state index contributed by atoms with van der Waals surface area (Å²) < 4.78 is 2.20. The van der Waals surface area contributed by atoms with E-state index in [2.05, 4.69) is 54.7 Å². The Hall–Kier alpha value is -1.57. The molecule has 1 aromatic carbocycles. The van der Waals surface area contributed by atoms with Crippen molar-refractivity contribution in [1.82, 2.24) is 9.55 Å². The van der Waals surface area contributed by atoms with Crippen LogP contribution < -0.4 is 0 Å². The van der Waals surface area contributed by atoms with Gasteiger partial charge in [-0.05, 0) is 31.4 Å². The fraction of sp³-hybridized carbons (Fsp3) is 0.471. The van der Waals surface area contributed by atoms with Crippen molar-refractivity contribution in [3.05, 3.63) is 53.6 Å². The molecular formula is C17H24N2. The zero-order valence-electron chi connectivity index (χ0n) is 12.3. The molecule has 19 heavy (non-hydrogen) atoms. The summed E-state index contributed by atoms with van der Waals surface area (Å²) in [6.07, 6.45) is 9.63. The van der Waals surface area contributed by atoms with Gasteiger partial charge in [0.15, 0.2) is 0 Å². The number of benzene rings is 1. The molecule has 0 radical (unpaired) electrons. The van der Waals surface area contributed by atoms with Crippen molar-refractivity contribution in [1.29, 1.82) is 0 Å². The molecule has 0 aliphatic heterocycles. The van der Waals surface area contributed by atoms with Gasteiger partial charge in [-0.15, -0.1) is 0 Å². The van der Waals surface area contributed by atoms with E-state index in [0.717, 1.165) is 6.54 Å². The Morgan fingerprint density at radius 1 is 1.26 bits per heavy atom. The molecule has 0 amide bonds. The zero-order valence-corrected chi connectivity index (χ0v) is 12.3. The van der Waals surface area contributed by atoms with E-state index in [1.165, 1.54) is 36.0 Å². The second-order valence-corrected chi connectivity index (χ2v) is 5.46. The first kappa shape index (κ1) is 13.9. The van der Waals surface area contributed by atoms with E-state index in [1.54, 1.807) is 0 Å². The van der Waals surface area contributed by atoms with E-state index in [9.17, 15) is 0 Å². The van der Waals surface area contributed by atoms with Crippen LogP contribution in [-0.2, 0) is 6.54 Å². The van der Waals surface area contributed by atoms with Crippen LogP contribution in [0, 0.1) is 13.8 Å². The van der Waals surface area contributed by atoms with Crippen LogP contribution in [0.15, 0.2) is 36.9 Å². The predicted octanol–water partition coefficient (Wildman–Crippen LogP) is 4.47. The van der Waals surface area contributed by atoms with E-state index in [1.807, 2.05) is 12.5 Å². The smallest absolute Gasteiger partial charge is 0.0946 e. The summed E-state index contributed by atoms with van der Waals surface area (Å²) in [6.45, 7) is 7.69. The van der Waals surface area contributed by atoms with Crippen LogP contribution in [0.25, 0.3) is 0 Å². The zero-order chi connectivity index (χ0) is 13.7. The standard InChI is InChI=1S/C17H24N2/c1-4-5-6-16(12-19-10-9-18-13-19)17-11-14(2)7-8-15(17)3/h7-11,13,16H,4-6,12H2,1-3H3. The summed E-state index contributed by atoms with van der Waals surface area (Å²) in [5, 5.41) is 0. The van der Waals surface area contributed by atoms with Gasteiger partial charge < -0.3 is 4.57 Å². The fourth-order valence-corrected chi connectivity index (χ4v) is 2.64. The molecule has 0 bridgehead atoms. The lowest BCUT2D eigenvalue weighted by Crippen LogP contribution is -2.10. The predicted molar refractivity (Wildman–Crippen MR) is 80.4 cm³/mol. The largest absolute Gasteiger partial charge is 0.337 e. The maximum Gasteiger partial charge on any atom is 0.0946 e. The Kier molecular flexibility index (Phi) is 4.78. The minimum Gasteiger partial charge on any atom is -0.337 e. The number of aryl methyl sites for hydroxylation is 2. The SMILES string of the molecule is CCCCC(Cn1ccnc1)c1cc(C)ccc1C. The first-order chi connectivity index (χ1) is 9.20. The van der Waals surface area contributed by atoms with Gasteiger partial charge in [-0.2, -0.15) is 0 Å². The van der Waals surface area contributed by atoms with Crippen LogP contribution in [0.1, 0.15) is 48.8 Å². The molecule has 0 fully saturated rings. The van der Waals surface area contributed by atoms with Crippen LogP contribution in [0.4, 0.5) is 0 Å². The summed E-state index contributed by atoms with van der Waals surface area (Å²) in [5.41, 5.74) is 4.27. The molecular weight excluding hydrogens is 232 g/mol. The third-order valence-electron chi connectivity index (χ3n) is 3.77. The second kappa shape index (κ2) is 6.55. The second-order valence-electron chi connectivity index (χ2n) is 5.46. The fourth-order valence-electron chi connectivity index (χ4n) is 2.64. The maximum absolute atomic E-state index is 4.15.